The Balaban J connectivity index is 1.38. The number of alkyl halides is 1. The molecule has 0 radical (unpaired) electrons. The van der Waals surface area contributed by atoms with Crippen LogP contribution >= 0.6 is 15.6 Å². The summed E-state index contributed by atoms with van der Waals surface area (Å²) < 4.78 is 63.5. The summed E-state index contributed by atoms with van der Waals surface area (Å²) in [7, 11) is -11.3. The Morgan fingerprint density at radius 3 is 2.42 bits per heavy atom. The number of phosphoric ester groups is 2. The van der Waals surface area contributed by atoms with Crippen LogP contribution in [-0.4, -0.2) is 128 Å². The SMILES string of the molecule is Nc1ncnc2c1ncn2[C@@H]1O[C@H](COP(=O)(O)OP(=O)(O)O[C@@H]2O[C@H]([C@H](O)CO)[C@@H](O)[C@H](O)[C@H]2F)[C@@H](O)[C@H]1O. The number of fused-ring (bicyclic) bond motifs is 1. The number of halogens is 1. The van der Waals surface area contributed by atoms with Gasteiger partial charge in [0.1, 0.15) is 54.6 Å². The molecule has 40 heavy (non-hydrogen) atoms. The largest absolute Gasteiger partial charge is 0.483 e. The Bertz CT molecular complexity index is 1290. The summed E-state index contributed by atoms with van der Waals surface area (Å²) in [5, 5.41) is 59.0. The molecule has 226 valence electrons. The molecule has 2 aliphatic rings. The Morgan fingerprint density at radius 2 is 1.75 bits per heavy atom. The van der Waals surface area contributed by atoms with E-state index >= 15 is 0 Å². The molecule has 0 amide bonds. The van der Waals surface area contributed by atoms with Crippen molar-refractivity contribution < 1.29 is 76.8 Å². The Kier molecular flexibility index (Phi) is 9.22. The molecule has 10 N–H and O–H groups in total. The summed E-state index contributed by atoms with van der Waals surface area (Å²) in [6, 6.07) is 0. The average molecular weight is 621 g/mol. The number of aromatic nitrogens is 4. The molecule has 2 aliphatic heterocycles. The van der Waals surface area contributed by atoms with E-state index in [1.54, 1.807) is 0 Å². The van der Waals surface area contributed by atoms with Crippen LogP contribution in [0.15, 0.2) is 12.7 Å². The molecular weight excluding hydrogens is 595 g/mol. The Labute approximate surface area is 222 Å². The first-order valence-corrected chi connectivity index (χ1v) is 14.2. The average Bonchev–Trinajstić information content (AvgIpc) is 3.43. The van der Waals surface area contributed by atoms with Crippen LogP contribution in [0.3, 0.4) is 0 Å². The van der Waals surface area contributed by atoms with Crippen LogP contribution in [0.1, 0.15) is 6.23 Å². The van der Waals surface area contributed by atoms with Gasteiger partial charge in [0.05, 0.1) is 19.5 Å². The van der Waals surface area contributed by atoms with E-state index in [4.69, 9.17) is 20.3 Å². The zero-order valence-corrected chi connectivity index (χ0v) is 21.7. The van der Waals surface area contributed by atoms with Crippen LogP contribution in [0.4, 0.5) is 10.2 Å². The van der Waals surface area contributed by atoms with Crippen molar-refractivity contribution in [2.75, 3.05) is 18.9 Å². The highest BCUT2D eigenvalue weighted by Gasteiger charge is 2.52. The number of nitrogens with zero attached hydrogens (tertiary/aromatic N) is 4. The number of aliphatic hydroxyl groups excluding tert-OH is 6. The lowest BCUT2D eigenvalue weighted by molar-refractivity contribution is -0.279. The molecule has 0 aliphatic carbocycles. The number of aliphatic hydroxyl groups is 6. The van der Waals surface area contributed by atoms with Crippen LogP contribution in [0.2, 0.25) is 0 Å². The summed E-state index contributed by atoms with van der Waals surface area (Å²) in [5.41, 5.74) is 6.00. The third-order valence-corrected chi connectivity index (χ3v) is 8.57. The predicted octanol–water partition coefficient (Wildman–Crippen LogP) is -3.58. The summed E-state index contributed by atoms with van der Waals surface area (Å²) in [5.74, 6) is 0.0224. The van der Waals surface area contributed by atoms with E-state index in [-0.39, 0.29) is 17.0 Å². The Morgan fingerprint density at radius 1 is 1.05 bits per heavy atom. The van der Waals surface area contributed by atoms with Crippen molar-refractivity contribution in [1.29, 1.82) is 0 Å². The number of nitrogen functional groups attached to an aromatic ring is 1. The van der Waals surface area contributed by atoms with E-state index in [9.17, 15) is 48.8 Å². The molecule has 2 aromatic heterocycles. The minimum atomic E-state index is -5.73. The van der Waals surface area contributed by atoms with Crippen LogP contribution in [0.25, 0.3) is 11.2 Å². The fraction of sp³-hybridized carbons (Fsp3) is 0.706. The monoisotopic (exact) mass is 621 g/mol. The maximum Gasteiger partial charge on any atom is 0.483 e. The van der Waals surface area contributed by atoms with Crippen molar-refractivity contribution in [2.24, 2.45) is 0 Å². The maximum absolute atomic E-state index is 14.4. The number of rotatable bonds is 10. The molecule has 23 heteroatoms. The second kappa shape index (κ2) is 11.8. The third-order valence-electron chi connectivity index (χ3n) is 5.97. The van der Waals surface area contributed by atoms with Crippen LogP contribution in [-0.2, 0) is 32.0 Å². The lowest BCUT2D eigenvalue weighted by Crippen LogP contribution is -2.60. The molecule has 4 heterocycles. The molecule has 2 fully saturated rings. The van der Waals surface area contributed by atoms with E-state index in [0.717, 1.165) is 6.33 Å². The van der Waals surface area contributed by atoms with Crippen molar-refractivity contribution in [3.05, 3.63) is 12.7 Å². The van der Waals surface area contributed by atoms with Crippen LogP contribution in [0.5, 0.6) is 0 Å². The highest BCUT2D eigenvalue weighted by atomic mass is 31.3. The molecular formula is C17H26FN5O15P2. The van der Waals surface area contributed by atoms with Gasteiger partial charge in [-0.25, -0.2) is 28.5 Å². The van der Waals surface area contributed by atoms with Gasteiger partial charge in [0.2, 0.25) is 6.29 Å². The fourth-order valence-corrected chi connectivity index (χ4v) is 6.13. The van der Waals surface area contributed by atoms with Crippen LogP contribution < -0.4 is 5.73 Å². The van der Waals surface area contributed by atoms with Gasteiger partial charge >= 0.3 is 15.6 Å². The van der Waals surface area contributed by atoms with Crippen molar-refractivity contribution in [3.63, 3.8) is 0 Å². The minimum absolute atomic E-state index is 0.0224. The first-order chi connectivity index (χ1) is 18.7. The second-order valence-electron chi connectivity index (χ2n) is 8.69. The summed E-state index contributed by atoms with van der Waals surface area (Å²) in [6.07, 6.45) is -17.3. The summed E-state index contributed by atoms with van der Waals surface area (Å²) in [4.78, 5) is 31.5. The highest BCUT2D eigenvalue weighted by molar-refractivity contribution is 7.61. The molecule has 4 rings (SSSR count). The van der Waals surface area contributed by atoms with Crippen molar-refractivity contribution in [1.82, 2.24) is 19.5 Å². The molecule has 2 unspecified atom stereocenters. The lowest BCUT2D eigenvalue weighted by atomic mass is 9.96. The van der Waals surface area contributed by atoms with Crippen molar-refractivity contribution in [2.45, 2.75) is 61.4 Å². The molecule has 0 bridgehead atoms. The number of nitrogens with two attached hydrogens (primary N) is 1. The van der Waals surface area contributed by atoms with Gasteiger partial charge in [-0.2, -0.15) is 4.31 Å². The predicted molar refractivity (Wildman–Crippen MR) is 122 cm³/mol. The van der Waals surface area contributed by atoms with Gasteiger partial charge < -0.3 is 55.6 Å². The van der Waals surface area contributed by atoms with E-state index in [1.807, 2.05) is 0 Å². The molecule has 12 atom stereocenters. The normalized spacial score (nSPS) is 36.8. The maximum atomic E-state index is 14.4. The van der Waals surface area contributed by atoms with Gasteiger partial charge in [0.25, 0.3) is 0 Å². The lowest BCUT2D eigenvalue weighted by Gasteiger charge is -2.40. The number of hydrogen-bond acceptors (Lipinski definition) is 17. The fourth-order valence-electron chi connectivity index (χ4n) is 3.98. The van der Waals surface area contributed by atoms with Gasteiger partial charge in [-0.05, 0) is 0 Å². The van der Waals surface area contributed by atoms with E-state index in [1.165, 1.54) is 10.9 Å². The van der Waals surface area contributed by atoms with Gasteiger partial charge in [-0.3, -0.25) is 13.6 Å². The number of ether oxygens (including phenoxy) is 2. The van der Waals surface area contributed by atoms with Crippen molar-refractivity contribution in [3.8, 4) is 0 Å². The molecule has 0 aromatic carbocycles. The number of hydrogen-bond donors (Lipinski definition) is 9. The molecule has 0 spiro atoms. The molecule has 2 aromatic rings. The van der Waals surface area contributed by atoms with Gasteiger partial charge in [-0.1, -0.05) is 0 Å². The first kappa shape index (κ1) is 31.2. The second-order valence-corrected chi connectivity index (χ2v) is 11.7. The standard InChI is InChI=1S/C17H26FN5O15P2/c18-7-10(27)11(28)13(5(25)1-24)36-17(7)37-40(32,33)38-39(30,31)34-2-6-9(26)12(29)16(35-6)23-4-22-8-14(19)20-3-21-15(8)23/h3-7,9-13,16-17,24-29H,1-2H2,(H,30,31)(H,32,33)(H2,19,20,21)/t5-,6-,7-,9-,10-,11+,12-,13-,16-,17+/m1/s1. The number of phosphoric acid groups is 2. The zero-order valence-electron chi connectivity index (χ0n) is 19.9. The van der Waals surface area contributed by atoms with E-state index in [0.29, 0.717) is 0 Å². The van der Waals surface area contributed by atoms with Crippen LogP contribution in [0, 0.1) is 0 Å². The minimum Gasteiger partial charge on any atom is -0.394 e. The molecule has 20 nitrogen and oxygen atoms in total. The van der Waals surface area contributed by atoms with Gasteiger partial charge in [-0.15, -0.1) is 0 Å². The highest BCUT2D eigenvalue weighted by Crippen LogP contribution is 2.61. The summed E-state index contributed by atoms with van der Waals surface area (Å²) in [6.45, 7) is -2.01. The molecule has 0 saturated carbocycles. The first-order valence-electron chi connectivity index (χ1n) is 11.2. The van der Waals surface area contributed by atoms with Gasteiger partial charge in [0, 0.05) is 0 Å². The topological polar surface area (TPSA) is 312 Å². The third kappa shape index (κ3) is 6.33. The van der Waals surface area contributed by atoms with E-state index < -0.39 is 90.3 Å². The molecule has 2 saturated heterocycles. The van der Waals surface area contributed by atoms with Gasteiger partial charge in [0.15, 0.2) is 23.9 Å². The van der Waals surface area contributed by atoms with Crippen molar-refractivity contribution >= 4 is 32.6 Å². The quantitative estimate of drug-likeness (QED) is 0.116. The number of anilines is 1. The zero-order chi connectivity index (χ0) is 29.6. The summed E-state index contributed by atoms with van der Waals surface area (Å²) >= 11 is 0. The smallest absolute Gasteiger partial charge is 0.394 e. The Hall–Kier alpha value is -1.78. The number of imidazole rings is 1. The van der Waals surface area contributed by atoms with E-state index in [2.05, 4.69) is 28.3 Å².